The summed E-state index contributed by atoms with van der Waals surface area (Å²) in [4.78, 5) is 19.2. The Balaban J connectivity index is 1.61. The first-order valence-corrected chi connectivity index (χ1v) is 11.9. The zero-order chi connectivity index (χ0) is 22.8. The van der Waals surface area contributed by atoms with Crippen LogP contribution < -0.4 is 0 Å². The van der Waals surface area contributed by atoms with Crippen molar-refractivity contribution in [3.8, 4) is 17.8 Å². The van der Waals surface area contributed by atoms with Gasteiger partial charge in [-0.05, 0) is 28.4 Å². The van der Waals surface area contributed by atoms with E-state index < -0.39 is 0 Å². The lowest BCUT2D eigenvalue weighted by Crippen LogP contribution is -2.38. The number of nitrogens with zero attached hydrogens (tertiary/aromatic N) is 8. The monoisotopic (exact) mass is 476 g/mol. The van der Waals surface area contributed by atoms with E-state index in [1.807, 2.05) is 24.3 Å². The summed E-state index contributed by atoms with van der Waals surface area (Å²) in [6, 6.07) is 11.0. The highest BCUT2D eigenvalue weighted by atomic mass is 32.2. The summed E-state index contributed by atoms with van der Waals surface area (Å²) >= 11 is 2.93. The Morgan fingerprint density at radius 2 is 2.03 bits per heavy atom. The van der Waals surface area contributed by atoms with Crippen LogP contribution in [0.25, 0.3) is 16.7 Å². The molecule has 0 radical (unpaired) electrons. The molecule has 0 spiro atoms. The van der Waals surface area contributed by atoms with Gasteiger partial charge in [-0.25, -0.2) is 4.98 Å². The summed E-state index contributed by atoms with van der Waals surface area (Å²) in [6.45, 7) is 1.24. The van der Waals surface area contributed by atoms with Crippen LogP contribution in [0.1, 0.15) is 15.9 Å². The van der Waals surface area contributed by atoms with Crippen LogP contribution in [0.15, 0.2) is 52.3 Å². The van der Waals surface area contributed by atoms with E-state index in [4.69, 9.17) is 0 Å². The molecule has 1 aliphatic heterocycles. The number of hydrogen-bond acceptors (Lipinski definition) is 10. The van der Waals surface area contributed by atoms with E-state index in [2.05, 4.69) is 24.7 Å². The highest BCUT2D eigenvalue weighted by Crippen LogP contribution is 2.39. The Bertz CT molecular complexity index is 1400. The minimum atomic E-state index is -0.253. The molecule has 0 unspecified atom stereocenters. The van der Waals surface area contributed by atoms with E-state index in [9.17, 15) is 15.2 Å². The van der Waals surface area contributed by atoms with Gasteiger partial charge >= 0.3 is 0 Å². The molecular weight excluding hydrogens is 460 g/mol. The number of nitriles is 1. The van der Waals surface area contributed by atoms with Crippen molar-refractivity contribution < 1.29 is 9.90 Å². The van der Waals surface area contributed by atoms with Crippen molar-refractivity contribution in [3.63, 3.8) is 0 Å². The predicted octanol–water partition coefficient (Wildman–Crippen LogP) is 4.06. The maximum atomic E-state index is 13.3. The van der Waals surface area contributed by atoms with E-state index >= 15 is 0 Å². The Hall–Kier alpha value is -3.82. The summed E-state index contributed by atoms with van der Waals surface area (Å²) in [5.74, 6) is 1.61. The van der Waals surface area contributed by atoms with Crippen molar-refractivity contribution in [3.05, 3.63) is 53.2 Å². The summed E-state index contributed by atoms with van der Waals surface area (Å²) in [5.41, 5.74) is 2.03. The van der Waals surface area contributed by atoms with Crippen LogP contribution in [0.3, 0.4) is 0 Å². The molecule has 4 aromatic rings. The first-order chi connectivity index (χ1) is 16.2. The smallest absolute Gasteiger partial charge is 0.264 e. The normalized spacial score (nSPS) is 14.1. The van der Waals surface area contributed by atoms with Crippen LogP contribution >= 0.6 is 23.3 Å². The lowest BCUT2D eigenvalue weighted by atomic mass is 10.0. The number of aromatic nitrogens is 4. The Kier molecular flexibility index (Phi) is 5.72. The van der Waals surface area contributed by atoms with Gasteiger partial charge in [0.1, 0.15) is 22.8 Å². The third kappa shape index (κ3) is 3.92. The molecule has 12 heteroatoms. The van der Waals surface area contributed by atoms with E-state index in [1.54, 1.807) is 28.8 Å². The van der Waals surface area contributed by atoms with Gasteiger partial charge in [0.15, 0.2) is 11.6 Å². The number of aromatic hydroxyl groups is 1. The first kappa shape index (κ1) is 21.0. The highest BCUT2D eigenvalue weighted by Gasteiger charge is 2.25. The maximum absolute atomic E-state index is 13.3. The summed E-state index contributed by atoms with van der Waals surface area (Å²) in [6.07, 6.45) is 1.35. The van der Waals surface area contributed by atoms with E-state index in [1.165, 1.54) is 16.4 Å². The number of benzene rings is 2. The Morgan fingerprint density at radius 1 is 1.21 bits per heavy atom. The molecular formula is C21H16N8O2S2. The molecule has 10 nitrogen and oxygen atoms in total. The molecule has 164 valence electrons. The van der Waals surface area contributed by atoms with Gasteiger partial charge in [-0.1, -0.05) is 24.3 Å². The van der Waals surface area contributed by atoms with Crippen molar-refractivity contribution in [1.29, 1.82) is 5.26 Å². The van der Waals surface area contributed by atoms with Crippen LogP contribution in [-0.2, 0) is 0 Å². The molecule has 0 bridgehead atoms. The average molecular weight is 477 g/mol. The van der Waals surface area contributed by atoms with E-state index in [-0.39, 0.29) is 40.2 Å². The molecule has 1 amide bonds. The first-order valence-electron chi connectivity index (χ1n) is 9.95. The Labute approximate surface area is 196 Å². The van der Waals surface area contributed by atoms with Crippen LogP contribution in [0.4, 0.5) is 11.5 Å². The molecule has 3 heterocycles. The molecule has 2 aromatic heterocycles. The molecule has 5 rings (SSSR count). The van der Waals surface area contributed by atoms with Crippen molar-refractivity contribution in [2.24, 2.45) is 10.2 Å². The van der Waals surface area contributed by atoms with Gasteiger partial charge in [0, 0.05) is 24.6 Å². The average Bonchev–Trinajstić information content (AvgIpc) is 3.52. The van der Waals surface area contributed by atoms with Gasteiger partial charge in [-0.3, -0.25) is 4.79 Å². The fourth-order valence-electron chi connectivity index (χ4n) is 3.56. The zero-order valence-electron chi connectivity index (χ0n) is 17.1. The summed E-state index contributed by atoms with van der Waals surface area (Å²) < 4.78 is 5.42. The SMILES string of the molecule is N#Cc1cnn(-c2ncsn2)c1/N=N/c1cc2ccccc2c(C(=O)N2CCSCC2)c1O. The van der Waals surface area contributed by atoms with Crippen molar-refractivity contribution in [2.75, 3.05) is 24.6 Å². The minimum absolute atomic E-state index is 0.117. The molecule has 1 fully saturated rings. The zero-order valence-corrected chi connectivity index (χ0v) is 18.8. The summed E-state index contributed by atoms with van der Waals surface area (Å²) in [5, 5.41) is 34.4. The van der Waals surface area contributed by atoms with E-state index in [0.717, 1.165) is 28.4 Å². The van der Waals surface area contributed by atoms with Crippen LogP contribution in [0.5, 0.6) is 5.75 Å². The van der Waals surface area contributed by atoms with Gasteiger partial charge in [-0.2, -0.15) is 31.2 Å². The molecule has 33 heavy (non-hydrogen) atoms. The second-order valence-corrected chi connectivity index (χ2v) is 8.91. The minimum Gasteiger partial charge on any atom is -0.505 e. The Morgan fingerprint density at radius 3 is 2.79 bits per heavy atom. The molecule has 1 aliphatic rings. The summed E-state index contributed by atoms with van der Waals surface area (Å²) in [7, 11) is 0. The van der Waals surface area contributed by atoms with E-state index in [0.29, 0.717) is 18.5 Å². The van der Waals surface area contributed by atoms with Crippen molar-refractivity contribution in [1.82, 2.24) is 24.0 Å². The van der Waals surface area contributed by atoms with Crippen molar-refractivity contribution in [2.45, 2.75) is 0 Å². The number of fused-ring (bicyclic) bond motifs is 1. The third-order valence-corrected chi connectivity index (χ3v) is 6.58. The number of rotatable bonds is 4. The third-order valence-electron chi connectivity index (χ3n) is 5.17. The number of hydrogen-bond donors (Lipinski definition) is 1. The fraction of sp³-hybridized carbons (Fsp3) is 0.190. The maximum Gasteiger partial charge on any atom is 0.264 e. The molecule has 2 aromatic carbocycles. The fourth-order valence-corrected chi connectivity index (χ4v) is 4.87. The quantitative estimate of drug-likeness (QED) is 0.439. The highest BCUT2D eigenvalue weighted by molar-refractivity contribution is 7.99. The lowest BCUT2D eigenvalue weighted by molar-refractivity contribution is 0.0771. The van der Waals surface area contributed by atoms with Gasteiger partial charge in [-0.15, -0.1) is 10.2 Å². The number of phenolic OH excluding ortho intramolecular Hbond substituents is 1. The van der Waals surface area contributed by atoms with Gasteiger partial charge in [0.05, 0.1) is 11.8 Å². The molecule has 0 atom stereocenters. The molecule has 0 aliphatic carbocycles. The van der Waals surface area contributed by atoms with Crippen LogP contribution in [-0.4, -0.2) is 59.6 Å². The second-order valence-electron chi connectivity index (χ2n) is 7.08. The van der Waals surface area contributed by atoms with Gasteiger partial charge in [0.25, 0.3) is 11.9 Å². The number of carbonyl (C=O) groups is 1. The number of carbonyl (C=O) groups excluding carboxylic acids is 1. The number of amides is 1. The number of azo groups is 1. The molecule has 0 saturated carbocycles. The second kappa shape index (κ2) is 8.97. The largest absolute Gasteiger partial charge is 0.505 e. The standard InChI is InChI=1S/C21H16N8O2S2/c22-10-14-11-24-29(21-23-12-33-27-21)19(14)26-25-16-9-13-3-1-2-4-15(13)17(18(16)30)20(31)28-5-7-32-8-6-28/h1-4,9,11-12,30H,5-8H2/b26-25+. The van der Waals surface area contributed by atoms with Gasteiger partial charge < -0.3 is 10.0 Å². The molecule has 1 N–H and O–H groups in total. The van der Waals surface area contributed by atoms with Crippen molar-refractivity contribution >= 4 is 51.5 Å². The van der Waals surface area contributed by atoms with Crippen LogP contribution in [0.2, 0.25) is 0 Å². The molecule has 1 saturated heterocycles. The van der Waals surface area contributed by atoms with Gasteiger partial charge in [0.2, 0.25) is 0 Å². The number of phenols is 1. The topological polar surface area (TPSA) is 133 Å². The number of thioether (sulfide) groups is 1. The predicted molar refractivity (Wildman–Crippen MR) is 125 cm³/mol. The van der Waals surface area contributed by atoms with Crippen LogP contribution in [0, 0.1) is 11.3 Å². The lowest BCUT2D eigenvalue weighted by Gasteiger charge is -2.27.